The Bertz CT molecular complexity index is 1870. The van der Waals surface area contributed by atoms with Crippen LogP contribution in [0.5, 0.6) is 5.88 Å². The third-order valence-electron chi connectivity index (χ3n) is 8.42. The molecule has 1 aliphatic carbocycles. The van der Waals surface area contributed by atoms with E-state index in [0.29, 0.717) is 42.4 Å². The summed E-state index contributed by atoms with van der Waals surface area (Å²) in [5.41, 5.74) is 5.28. The molecule has 0 bridgehead atoms. The molecule has 3 aromatic heterocycles. The molecule has 1 N–H and O–H groups in total. The Balaban J connectivity index is 1.06. The van der Waals surface area contributed by atoms with E-state index in [0.717, 1.165) is 46.8 Å². The van der Waals surface area contributed by atoms with Gasteiger partial charge in [-0.25, -0.2) is 19.2 Å². The Kier molecular flexibility index (Phi) is 7.08. The lowest BCUT2D eigenvalue weighted by Crippen LogP contribution is -2.35. The van der Waals surface area contributed by atoms with Gasteiger partial charge >= 0.3 is 5.97 Å². The summed E-state index contributed by atoms with van der Waals surface area (Å²) in [6.07, 6.45) is 3.86. The first-order chi connectivity index (χ1) is 21.0. The van der Waals surface area contributed by atoms with Crippen LogP contribution in [-0.2, 0) is 19.7 Å². The largest absolute Gasteiger partial charge is 0.478 e. The molecular weight excluding hydrogens is 567 g/mol. The number of fused-ring (bicyclic) bond motifs is 2. The number of aromatic nitrogens is 4. The molecule has 0 spiro atoms. The van der Waals surface area contributed by atoms with Gasteiger partial charge in [0.2, 0.25) is 5.88 Å². The minimum Gasteiger partial charge on any atom is -0.478 e. The number of carbonyl (C=O) groups is 1. The first kappa shape index (κ1) is 27.2. The molecule has 7 rings (SSSR count). The fourth-order valence-electron chi connectivity index (χ4n) is 6.16. The van der Waals surface area contributed by atoms with Crippen LogP contribution in [0.25, 0.3) is 11.0 Å². The first-order valence-electron chi connectivity index (χ1n) is 14.1. The third kappa shape index (κ3) is 5.47. The van der Waals surface area contributed by atoms with Crippen molar-refractivity contribution in [3.05, 3.63) is 105 Å². The van der Waals surface area contributed by atoms with Gasteiger partial charge in [0.25, 0.3) is 0 Å². The maximum absolute atomic E-state index is 14.3. The van der Waals surface area contributed by atoms with E-state index in [1.54, 1.807) is 53.2 Å². The van der Waals surface area contributed by atoms with E-state index in [2.05, 4.69) is 14.5 Å². The summed E-state index contributed by atoms with van der Waals surface area (Å²) in [4.78, 5) is 29.2. The van der Waals surface area contributed by atoms with Crippen molar-refractivity contribution in [2.75, 3.05) is 6.54 Å². The van der Waals surface area contributed by atoms with Crippen molar-refractivity contribution >= 4 is 28.3 Å². The van der Waals surface area contributed by atoms with Gasteiger partial charge in [0.05, 0.1) is 46.8 Å². The standard InChI is InChI=1S/C32H27FN6O3S/c33-25-10-19(13-34)4-5-21(25)17-42-31-3-1-2-26(37-31)23-8-9-38(28-12-24(23)28)16-30-36-27-7-6-20(32(40)41)11-29(27)39(30)15-22-14-35-18-43-22/h1-7,10-11,14,18,23-24,28H,8-9,12,15-17H2,(H,40,41)/t23-,24-,28-/m1/s1. The predicted molar refractivity (Wildman–Crippen MR) is 157 cm³/mol. The zero-order valence-electron chi connectivity index (χ0n) is 23.1. The van der Waals surface area contributed by atoms with E-state index in [9.17, 15) is 14.3 Å². The zero-order chi connectivity index (χ0) is 29.5. The van der Waals surface area contributed by atoms with Crippen molar-refractivity contribution in [3.8, 4) is 11.9 Å². The average molecular weight is 595 g/mol. The van der Waals surface area contributed by atoms with E-state index in [-0.39, 0.29) is 17.7 Å². The SMILES string of the molecule is N#Cc1ccc(COc2cccc([C@@H]3CCN(Cc4nc5ccc(C(=O)O)cc5n4Cc4cncs4)[C@@H]4C[C@@H]43)n2)c(F)c1. The number of benzene rings is 2. The highest BCUT2D eigenvalue weighted by Gasteiger charge is 2.50. The highest BCUT2D eigenvalue weighted by atomic mass is 32.1. The molecule has 3 atom stereocenters. The second kappa shape index (κ2) is 11.2. The Labute approximate surface area is 250 Å². The van der Waals surface area contributed by atoms with Gasteiger partial charge in [-0.3, -0.25) is 9.88 Å². The van der Waals surface area contributed by atoms with Gasteiger partial charge in [-0.1, -0.05) is 12.1 Å². The third-order valence-corrected chi connectivity index (χ3v) is 9.18. The zero-order valence-corrected chi connectivity index (χ0v) is 23.9. The molecule has 4 heterocycles. The Morgan fingerprint density at radius 1 is 1.16 bits per heavy atom. The number of imidazole rings is 1. The monoisotopic (exact) mass is 594 g/mol. The summed E-state index contributed by atoms with van der Waals surface area (Å²) in [6, 6.07) is 17.6. The number of hydrogen-bond donors (Lipinski definition) is 1. The van der Waals surface area contributed by atoms with E-state index in [1.807, 2.05) is 24.4 Å². The van der Waals surface area contributed by atoms with E-state index >= 15 is 0 Å². The molecule has 2 aromatic carbocycles. The molecule has 2 aliphatic rings. The number of rotatable bonds is 9. The van der Waals surface area contributed by atoms with Crippen LogP contribution in [0.2, 0.25) is 0 Å². The highest BCUT2D eigenvalue weighted by molar-refractivity contribution is 7.09. The van der Waals surface area contributed by atoms with E-state index < -0.39 is 11.8 Å². The molecule has 216 valence electrons. The summed E-state index contributed by atoms with van der Waals surface area (Å²) in [5.74, 6) is 0.737. The Hall–Kier alpha value is -4.66. The van der Waals surface area contributed by atoms with Gasteiger partial charge in [0.15, 0.2) is 0 Å². The molecule has 11 heteroatoms. The van der Waals surface area contributed by atoms with Crippen molar-refractivity contribution in [1.82, 2.24) is 24.4 Å². The minimum absolute atomic E-state index is 0.0367. The molecule has 0 unspecified atom stereocenters. The van der Waals surface area contributed by atoms with Crippen LogP contribution in [0.15, 0.2) is 66.3 Å². The Morgan fingerprint density at radius 2 is 2.07 bits per heavy atom. The average Bonchev–Trinajstić information content (AvgIpc) is 3.53. The molecule has 0 amide bonds. The topological polar surface area (TPSA) is 117 Å². The van der Waals surface area contributed by atoms with Crippen molar-refractivity contribution in [2.45, 2.75) is 44.5 Å². The number of piperidine rings is 1. The lowest BCUT2D eigenvalue weighted by atomic mass is 9.92. The van der Waals surface area contributed by atoms with Crippen LogP contribution in [0.3, 0.4) is 0 Å². The molecule has 1 saturated carbocycles. The number of pyridine rings is 1. The molecule has 0 radical (unpaired) electrons. The maximum Gasteiger partial charge on any atom is 0.335 e. The van der Waals surface area contributed by atoms with E-state index in [4.69, 9.17) is 20.0 Å². The normalized spacial score (nSPS) is 19.6. The number of hydrogen-bond acceptors (Lipinski definition) is 8. The fourth-order valence-corrected chi connectivity index (χ4v) is 6.75. The molecule has 5 aromatic rings. The number of nitriles is 1. The second-order valence-electron chi connectivity index (χ2n) is 11.0. The van der Waals surface area contributed by atoms with Crippen LogP contribution >= 0.6 is 11.3 Å². The van der Waals surface area contributed by atoms with Gasteiger partial charge in [0.1, 0.15) is 18.2 Å². The first-order valence-corrected chi connectivity index (χ1v) is 15.0. The van der Waals surface area contributed by atoms with Crippen LogP contribution < -0.4 is 4.74 Å². The van der Waals surface area contributed by atoms with Crippen molar-refractivity contribution in [2.24, 2.45) is 5.92 Å². The van der Waals surface area contributed by atoms with Crippen molar-refractivity contribution in [1.29, 1.82) is 5.26 Å². The summed E-state index contributed by atoms with van der Waals surface area (Å²) in [6.45, 7) is 2.19. The number of halogens is 1. The Morgan fingerprint density at radius 3 is 2.86 bits per heavy atom. The quantitative estimate of drug-likeness (QED) is 0.234. The van der Waals surface area contributed by atoms with Crippen LogP contribution in [0.4, 0.5) is 4.39 Å². The molecule has 43 heavy (non-hydrogen) atoms. The predicted octanol–water partition coefficient (Wildman–Crippen LogP) is 5.60. The summed E-state index contributed by atoms with van der Waals surface area (Å²) < 4.78 is 22.3. The lowest BCUT2D eigenvalue weighted by molar-refractivity contribution is 0.0697. The number of ether oxygens (including phenoxy) is 1. The maximum atomic E-state index is 14.3. The van der Waals surface area contributed by atoms with Gasteiger partial charge in [-0.05, 0) is 61.7 Å². The van der Waals surface area contributed by atoms with Gasteiger partial charge in [-0.15, -0.1) is 11.3 Å². The number of aromatic carboxylic acids is 1. The number of thiazole rings is 1. The molecular formula is C32H27FN6O3S. The number of carboxylic acid groups (broad SMARTS) is 1. The molecule has 1 saturated heterocycles. The van der Waals surface area contributed by atoms with Gasteiger partial charge in [-0.2, -0.15) is 5.26 Å². The summed E-state index contributed by atoms with van der Waals surface area (Å²) in [7, 11) is 0. The van der Waals surface area contributed by atoms with Crippen LogP contribution in [-0.4, -0.2) is 48.1 Å². The van der Waals surface area contributed by atoms with Crippen LogP contribution in [0.1, 0.15) is 56.6 Å². The van der Waals surface area contributed by atoms with Crippen LogP contribution in [0, 0.1) is 23.1 Å². The molecule has 1 aliphatic heterocycles. The summed E-state index contributed by atoms with van der Waals surface area (Å²) in [5, 5.41) is 18.5. The minimum atomic E-state index is -0.957. The fraction of sp³-hybridized carbons (Fsp3) is 0.281. The van der Waals surface area contributed by atoms with Crippen molar-refractivity contribution in [3.63, 3.8) is 0 Å². The second-order valence-corrected chi connectivity index (χ2v) is 12.0. The smallest absolute Gasteiger partial charge is 0.335 e. The van der Waals surface area contributed by atoms with Gasteiger partial charge < -0.3 is 14.4 Å². The number of likely N-dealkylation sites (tertiary alicyclic amines) is 1. The lowest BCUT2D eigenvalue weighted by Gasteiger charge is -2.31. The van der Waals surface area contributed by atoms with Crippen molar-refractivity contribution < 1.29 is 19.0 Å². The number of nitrogens with zero attached hydrogens (tertiary/aromatic N) is 6. The van der Waals surface area contributed by atoms with Gasteiger partial charge in [0, 0.05) is 40.4 Å². The highest BCUT2D eigenvalue weighted by Crippen LogP contribution is 2.51. The number of carboxylic acids is 1. The molecule has 2 fully saturated rings. The van der Waals surface area contributed by atoms with E-state index in [1.165, 1.54) is 6.07 Å². The molecule has 9 nitrogen and oxygen atoms in total. The summed E-state index contributed by atoms with van der Waals surface area (Å²) >= 11 is 1.57.